The largest absolute Gasteiger partial charge is 0.377 e. The highest BCUT2D eigenvalue weighted by atomic mass is 16.5. The number of nitrogens with zero attached hydrogens (tertiary/aromatic N) is 2. The van der Waals surface area contributed by atoms with Crippen LogP contribution in [0.1, 0.15) is 25.0 Å². The van der Waals surface area contributed by atoms with Gasteiger partial charge in [0.25, 0.3) is 0 Å². The van der Waals surface area contributed by atoms with Gasteiger partial charge in [-0.15, -0.1) is 0 Å². The molecule has 20 heavy (non-hydrogen) atoms. The number of nitrogens with one attached hydrogen (secondary N) is 1. The molecule has 0 aliphatic heterocycles. The smallest absolute Gasteiger partial charge is 0.0671 e. The summed E-state index contributed by atoms with van der Waals surface area (Å²) in [6.45, 7) is 7.36. The second kappa shape index (κ2) is 7.82. The Labute approximate surface area is 120 Å². The minimum atomic E-state index is 0.249. The van der Waals surface area contributed by atoms with Gasteiger partial charge in [-0.25, -0.2) is 0 Å². The van der Waals surface area contributed by atoms with Gasteiger partial charge in [-0.05, 0) is 19.4 Å². The van der Waals surface area contributed by atoms with E-state index in [0.717, 1.165) is 26.2 Å². The second-order valence-corrected chi connectivity index (χ2v) is 4.93. The number of rotatable bonds is 8. The Kier molecular flexibility index (Phi) is 5.77. The first-order valence-electron chi connectivity index (χ1n) is 7.15. The molecule has 1 N–H and O–H groups in total. The van der Waals surface area contributed by atoms with Gasteiger partial charge < -0.3 is 10.1 Å². The lowest BCUT2D eigenvalue weighted by atomic mass is 10.2. The Morgan fingerprint density at radius 1 is 1.25 bits per heavy atom. The maximum absolute atomic E-state index is 5.48. The fourth-order valence-electron chi connectivity index (χ4n) is 2.12. The van der Waals surface area contributed by atoms with Gasteiger partial charge in [-0.2, -0.15) is 5.10 Å². The third-order valence-corrected chi connectivity index (χ3v) is 3.09. The molecule has 1 unspecified atom stereocenters. The van der Waals surface area contributed by atoms with E-state index in [0.29, 0.717) is 0 Å². The van der Waals surface area contributed by atoms with Crippen LogP contribution in [0.25, 0.3) is 0 Å². The quantitative estimate of drug-likeness (QED) is 0.803. The summed E-state index contributed by atoms with van der Waals surface area (Å²) in [6, 6.07) is 10.4. The first-order chi connectivity index (χ1) is 9.78. The van der Waals surface area contributed by atoms with Crippen LogP contribution in [-0.2, 0) is 17.8 Å². The van der Waals surface area contributed by atoms with Crippen molar-refractivity contribution in [3.8, 4) is 0 Å². The van der Waals surface area contributed by atoms with E-state index < -0.39 is 0 Å². The minimum absolute atomic E-state index is 0.249. The van der Waals surface area contributed by atoms with Gasteiger partial charge in [0.05, 0.1) is 18.8 Å². The zero-order chi connectivity index (χ0) is 14.2. The van der Waals surface area contributed by atoms with Gasteiger partial charge in [0.1, 0.15) is 0 Å². The van der Waals surface area contributed by atoms with Crippen molar-refractivity contribution in [2.24, 2.45) is 0 Å². The molecular formula is C16H23N3O. The molecule has 0 bridgehead atoms. The SMILES string of the molecule is CCOC(C)CNCc1cnn(Cc2ccccc2)c1. The van der Waals surface area contributed by atoms with Crippen molar-refractivity contribution < 1.29 is 4.74 Å². The van der Waals surface area contributed by atoms with Crippen molar-refractivity contribution in [2.75, 3.05) is 13.2 Å². The molecular weight excluding hydrogens is 250 g/mol. The molecule has 0 spiro atoms. The number of hydrogen-bond acceptors (Lipinski definition) is 3. The zero-order valence-corrected chi connectivity index (χ0v) is 12.2. The maximum atomic E-state index is 5.48. The first-order valence-corrected chi connectivity index (χ1v) is 7.15. The molecule has 0 aliphatic carbocycles. The fraction of sp³-hybridized carbons (Fsp3) is 0.438. The summed E-state index contributed by atoms with van der Waals surface area (Å²) in [5.41, 5.74) is 2.46. The molecule has 4 heteroatoms. The molecule has 0 amide bonds. The second-order valence-electron chi connectivity index (χ2n) is 4.93. The standard InChI is InChI=1S/C16H23N3O/c1-3-20-14(2)9-17-10-16-11-18-19(13-16)12-15-7-5-4-6-8-15/h4-8,11,13-14,17H,3,9-10,12H2,1-2H3. The van der Waals surface area contributed by atoms with E-state index in [9.17, 15) is 0 Å². The van der Waals surface area contributed by atoms with E-state index in [2.05, 4.69) is 47.8 Å². The minimum Gasteiger partial charge on any atom is -0.377 e. The predicted octanol–water partition coefficient (Wildman–Crippen LogP) is 2.45. The lowest BCUT2D eigenvalue weighted by Crippen LogP contribution is -2.26. The summed E-state index contributed by atoms with van der Waals surface area (Å²) >= 11 is 0. The lowest BCUT2D eigenvalue weighted by Gasteiger charge is -2.11. The molecule has 0 aliphatic rings. The number of hydrogen-bond donors (Lipinski definition) is 1. The third kappa shape index (κ3) is 4.79. The lowest BCUT2D eigenvalue weighted by molar-refractivity contribution is 0.0759. The van der Waals surface area contributed by atoms with E-state index in [1.54, 1.807) is 0 Å². The summed E-state index contributed by atoms with van der Waals surface area (Å²) in [5, 5.41) is 7.78. The molecule has 0 fully saturated rings. The Bertz CT molecular complexity index is 495. The zero-order valence-electron chi connectivity index (χ0n) is 12.2. The van der Waals surface area contributed by atoms with Crippen LogP contribution in [0.15, 0.2) is 42.7 Å². The van der Waals surface area contributed by atoms with Gasteiger partial charge in [0.15, 0.2) is 0 Å². The third-order valence-electron chi connectivity index (χ3n) is 3.09. The van der Waals surface area contributed by atoms with E-state index in [-0.39, 0.29) is 6.10 Å². The molecule has 1 aromatic carbocycles. The van der Waals surface area contributed by atoms with Crippen LogP contribution in [0.4, 0.5) is 0 Å². The summed E-state index contributed by atoms with van der Waals surface area (Å²) < 4.78 is 7.45. The molecule has 0 radical (unpaired) electrons. The summed E-state index contributed by atoms with van der Waals surface area (Å²) in [7, 11) is 0. The topological polar surface area (TPSA) is 39.1 Å². The number of aromatic nitrogens is 2. The van der Waals surface area contributed by atoms with Crippen molar-refractivity contribution in [3.63, 3.8) is 0 Å². The van der Waals surface area contributed by atoms with Crippen LogP contribution < -0.4 is 5.32 Å². The van der Waals surface area contributed by atoms with Crippen LogP contribution in [-0.4, -0.2) is 29.0 Å². The Morgan fingerprint density at radius 3 is 2.80 bits per heavy atom. The molecule has 2 aromatic rings. The molecule has 0 saturated heterocycles. The summed E-state index contributed by atoms with van der Waals surface area (Å²) in [4.78, 5) is 0. The Hall–Kier alpha value is -1.65. The fourth-order valence-corrected chi connectivity index (χ4v) is 2.12. The highest BCUT2D eigenvalue weighted by Gasteiger charge is 2.02. The maximum Gasteiger partial charge on any atom is 0.0671 e. The molecule has 1 atom stereocenters. The number of benzene rings is 1. The van der Waals surface area contributed by atoms with Crippen molar-refractivity contribution in [1.29, 1.82) is 0 Å². The van der Waals surface area contributed by atoms with E-state index in [1.807, 2.05) is 23.9 Å². The number of ether oxygens (including phenoxy) is 1. The van der Waals surface area contributed by atoms with E-state index in [4.69, 9.17) is 4.74 Å². The van der Waals surface area contributed by atoms with Crippen molar-refractivity contribution in [2.45, 2.75) is 33.0 Å². The molecule has 4 nitrogen and oxygen atoms in total. The Balaban J connectivity index is 1.78. The van der Waals surface area contributed by atoms with Crippen LogP contribution in [0.2, 0.25) is 0 Å². The predicted molar refractivity (Wildman–Crippen MR) is 80.6 cm³/mol. The summed E-state index contributed by atoms with van der Waals surface area (Å²) in [5.74, 6) is 0. The van der Waals surface area contributed by atoms with Gasteiger partial charge in [0, 0.05) is 31.5 Å². The normalized spacial score (nSPS) is 12.5. The van der Waals surface area contributed by atoms with Crippen molar-refractivity contribution in [3.05, 3.63) is 53.9 Å². The van der Waals surface area contributed by atoms with Crippen molar-refractivity contribution >= 4 is 0 Å². The molecule has 1 heterocycles. The van der Waals surface area contributed by atoms with Gasteiger partial charge in [0.2, 0.25) is 0 Å². The molecule has 0 saturated carbocycles. The van der Waals surface area contributed by atoms with Crippen molar-refractivity contribution in [1.82, 2.24) is 15.1 Å². The van der Waals surface area contributed by atoms with Crippen LogP contribution in [0.3, 0.4) is 0 Å². The highest BCUT2D eigenvalue weighted by molar-refractivity contribution is 5.15. The van der Waals surface area contributed by atoms with Crippen LogP contribution >= 0.6 is 0 Å². The van der Waals surface area contributed by atoms with Gasteiger partial charge >= 0.3 is 0 Å². The summed E-state index contributed by atoms with van der Waals surface area (Å²) in [6.07, 6.45) is 4.26. The molecule has 2 rings (SSSR count). The monoisotopic (exact) mass is 273 g/mol. The first kappa shape index (κ1) is 14.8. The van der Waals surface area contributed by atoms with E-state index in [1.165, 1.54) is 11.1 Å². The van der Waals surface area contributed by atoms with Gasteiger partial charge in [-0.3, -0.25) is 4.68 Å². The average molecular weight is 273 g/mol. The Morgan fingerprint density at radius 2 is 2.05 bits per heavy atom. The average Bonchev–Trinajstić information content (AvgIpc) is 2.88. The molecule has 108 valence electrons. The highest BCUT2D eigenvalue weighted by Crippen LogP contribution is 2.04. The van der Waals surface area contributed by atoms with Crippen LogP contribution in [0, 0.1) is 0 Å². The van der Waals surface area contributed by atoms with Crippen LogP contribution in [0.5, 0.6) is 0 Å². The van der Waals surface area contributed by atoms with Gasteiger partial charge in [-0.1, -0.05) is 30.3 Å². The molecule has 1 aromatic heterocycles. The van der Waals surface area contributed by atoms with E-state index >= 15 is 0 Å².